The lowest BCUT2D eigenvalue weighted by Gasteiger charge is -2.22. The maximum absolute atomic E-state index is 12.2. The first kappa shape index (κ1) is 15.3. The van der Waals surface area contributed by atoms with E-state index >= 15 is 0 Å². The van der Waals surface area contributed by atoms with E-state index < -0.39 is 11.7 Å². The van der Waals surface area contributed by atoms with Crippen molar-refractivity contribution >= 4 is 17.7 Å². The van der Waals surface area contributed by atoms with Gasteiger partial charge in [0.15, 0.2) is 0 Å². The first-order valence-electron chi connectivity index (χ1n) is 6.49. The van der Waals surface area contributed by atoms with Gasteiger partial charge < -0.3 is 9.47 Å². The van der Waals surface area contributed by atoms with Crippen molar-refractivity contribution in [3.05, 3.63) is 29.8 Å². The number of halogens is 2. The molecule has 0 bridgehead atoms. The highest BCUT2D eigenvalue weighted by molar-refractivity contribution is 7.99. The van der Waals surface area contributed by atoms with Crippen molar-refractivity contribution < 1.29 is 23.0 Å². The zero-order valence-electron chi connectivity index (χ0n) is 10.9. The highest BCUT2D eigenvalue weighted by Gasteiger charge is 2.17. The van der Waals surface area contributed by atoms with Gasteiger partial charge in [0.25, 0.3) is 5.76 Å². The number of carbonyl (C=O) groups excluding carboxylic acids is 1. The molecule has 3 nitrogen and oxygen atoms in total. The lowest BCUT2D eigenvalue weighted by atomic mass is 10.1. The van der Waals surface area contributed by atoms with Crippen molar-refractivity contribution in [2.45, 2.75) is 36.0 Å². The van der Waals surface area contributed by atoms with Crippen LogP contribution in [0.25, 0.3) is 0 Å². The van der Waals surface area contributed by atoms with Crippen LogP contribution in [0.3, 0.4) is 0 Å². The van der Waals surface area contributed by atoms with Gasteiger partial charge in [-0.25, -0.2) is 4.79 Å². The van der Waals surface area contributed by atoms with E-state index in [9.17, 15) is 13.6 Å². The molecule has 1 aromatic carbocycles. The smallest absolute Gasteiger partial charge is 0.338 e. The number of ether oxygens (including phenoxy) is 2. The molecule has 1 heterocycles. The Labute approximate surface area is 120 Å². The number of thioether (sulfide) groups is 1. The van der Waals surface area contributed by atoms with Crippen molar-refractivity contribution in [2.75, 3.05) is 13.2 Å². The molecule has 0 amide bonds. The van der Waals surface area contributed by atoms with E-state index in [2.05, 4.69) is 0 Å². The summed E-state index contributed by atoms with van der Waals surface area (Å²) in [5, 5.41) is 0. The van der Waals surface area contributed by atoms with Crippen LogP contribution in [0.5, 0.6) is 0 Å². The van der Waals surface area contributed by atoms with Gasteiger partial charge in [0.1, 0.15) is 6.61 Å². The molecule has 1 aliphatic rings. The van der Waals surface area contributed by atoms with Gasteiger partial charge in [-0.1, -0.05) is 11.8 Å². The SMILES string of the molecule is O=C(OCC1CCCCO1)c1ccc(SC(F)F)cc1. The van der Waals surface area contributed by atoms with E-state index in [-0.39, 0.29) is 12.7 Å². The van der Waals surface area contributed by atoms with Gasteiger partial charge in [0.05, 0.1) is 11.7 Å². The fraction of sp³-hybridized carbons (Fsp3) is 0.500. The van der Waals surface area contributed by atoms with Gasteiger partial charge in [-0.15, -0.1) is 0 Å². The quantitative estimate of drug-likeness (QED) is 0.613. The molecule has 0 aromatic heterocycles. The van der Waals surface area contributed by atoms with Crippen LogP contribution in [0.2, 0.25) is 0 Å². The van der Waals surface area contributed by atoms with Crippen LogP contribution in [0.4, 0.5) is 8.78 Å². The minimum atomic E-state index is -2.46. The summed E-state index contributed by atoms with van der Waals surface area (Å²) in [5.74, 6) is -2.91. The molecular formula is C14H16F2O3S. The lowest BCUT2D eigenvalue weighted by Crippen LogP contribution is -2.25. The molecule has 0 spiro atoms. The largest absolute Gasteiger partial charge is 0.459 e. The lowest BCUT2D eigenvalue weighted by molar-refractivity contribution is -0.0300. The van der Waals surface area contributed by atoms with E-state index in [4.69, 9.17) is 9.47 Å². The molecule has 1 unspecified atom stereocenters. The number of carbonyl (C=O) groups is 1. The third kappa shape index (κ3) is 4.76. The predicted octanol–water partition coefficient (Wildman–Crippen LogP) is 3.73. The zero-order chi connectivity index (χ0) is 14.4. The second-order valence-electron chi connectivity index (χ2n) is 4.49. The second kappa shape index (κ2) is 7.59. The summed E-state index contributed by atoms with van der Waals surface area (Å²) < 4.78 is 35.0. The zero-order valence-corrected chi connectivity index (χ0v) is 11.7. The van der Waals surface area contributed by atoms with Gasteiger partial charge in [0, 0.05) is 11.5 Å². The Bertz CT molecular complexity index is 431. The molecule has 1 atom stereocenters. The number of hydrogen-bond donors (Lipinski definition) is 0. The Hall–Kier alpha value is -1.14. The van der Waals surface area contributed by atoms with Crippen LogP contribution in [0.15, 0.2) is 29.2 Å². The second-order valence-corrected chi connectivity index (χ2v) is 5.55. The Morgan fingerprint density at radius 3 is 2.70 bits per heavy atom. The fourth-order valence-corrected chi connectivity index (χ4v) is 2.46. The maximum Gasteiger partial charge on any atom is 0.338 e. The first-order chi connectivity index (χ1) is 9.65. The van der Waals surface area contributed by atoms with Crippen LogP contribution < -0.4 is 0 Å². The number of benzene rings is 1. The summed E-state index contributed by atoms with van der Waals surface area (Å²) in [4.78, 5) is 12.2. The normalized spacial score (nSPS) is 19.1. The first-order valence-corrected chi connectivity index (χ1v) is 7.37. The van der Waals surface area contributed by atoms with Crippen molar-refractivity contribution in [1.29, 1.82) is 0 Å². The molecule has 0 radical (unpaired) electrons. The third-order valence-corrected chi connectivity index (χ3v) is 3.71. The van der Waals surface area contributed by atoms with E-state index in [1.165, 1.54) is 24.3 Å². The number of alkyl halides is 2. The molecule has 20 heavy (non-hydrogen) atoms. The Morgan fingerprint density at radius 2 is 2.10 bits per heavy atom. The number of rotatable bonds is 5. The standard InChI is InChI=1S/C14H16F2O3S/c15-14(16)20-12-6-4-10(5-7-12)13(17)19-9-11-3-1-2-8-18-11/h4-7,11,14H,1-3,8-9H2. The average molecular weight is 302 g/mol. The molecule has 0 aliphatic carbocycles. The van der Waals surface area contributed by atoms with Crippen LogP contribution in [-0.2, 0) is 9.47 Å². The van der Waals surface area contributed by atoms with E-state index in [0.717, 1.165) is 19.3 Å². The molecule has 110 valence electrons. The molecule has 0 saturated carbocycles. The molecule has 1 saturated heterocycles. The van der Waals surface area contributed by atoms with Gasteiger partial charge >= 0.3 is 5.97 Å². The summed E-state index contributed by atoms with van der Waals surface area (Å²) in [5.41, 5.74) is 0.361. The molecule has 1 aromatic rings. The van der Waals surface area contributed by atoms with Crippen LogP contribution in [0.1, 0.15) is 29.6 Å². The summed E-state index contributed by atoms with van der Waals surface area (Å²) in [6, 6.07) is 5.97. The number of esters is 1. The molecule has 6 heteroatoms. The molecule has 1 fully saturated rings. The summed E-state index contributed by atoms with van der Waals surface area (Å²) >= 11 is 0.449. The van der Waals surface area contributed by atoms with Crippen LogP contribution in [0, 0.1) is 0 Å². The fourth-order valence-electron chi connectivity index (χ4n) is 1.96. The monoisotopic (exact) mass is 302 g/mol. The average Bonchev–Trinajstić information content (AvgIpc) is 2.46. The van der Waals surface area contributed by atoms with E-state index in [1.54, 1.807) is 0 Å². The molecule has 1 aliphatic heterocycles. The Balaban J connectivity index is 1.82. The Kier molecular flexibility index (Phi) is 5.79. The van der Waals surface area contributed by atoms with Crippen LogP contribution in [-0.4, -0.2) is 31.0 Å². The summed E-state index contributed by atoms with van der Waals surface area (Å²) in [6.45, 7) is 0.953. The number of hydrogen-bond acceptors (Lipinski definition) is 4. The minimum absolute atomic E-state index is 0.0265. The predicted molar refractivity (Wildman–Crippen MR) is 72.2 cm³/mol. The van der Waals surface area contributed by atoms with Gasteiger partial charge in [-0.05, 0) is 43.5 Å². The van der Waals surface area contributed by atoms with Crippen LogP contribution >= 0.6 is 11.8 Å². The van der Waals surface area contributed by atoms with E-state index in [0.29, 0.717) is 28.8 Å². The highest BCUT2D eigenvalue weighted by atomic mass is 32.2. The maximum atomic E-state index is 12.2. The third-order valence-electron chi connectivity index (χ3n) is 2.99. The molecule has 0 N–H and O–H groups in total. The van der Waals surface area contributed by atoms with E-state index in [1.807, 2.05) is 0 Å². The van der Waals surface area contributed by atoms with Crippen molar-refractivity contribution in [1.82, 2.24) is 0 Å². The molecular weight excluding hydrogens is 286 g/mol. The summed E-state index contributed by atoms with van der Waals surface area (Å²) in [7, 11) is 0. The van der Waals surface area contributed by atoms with Gasteiger partial charge in [0.2, 0.25) is 0 Å². The Morgan fingerprint density at radius 1 is 1.35 bits per heavy atom. The topological polar surface area (TPSA) is 35.5 Å². The van der Waals surface area contributed by atoms with Gasteiger partial charge in [-0.3, -0.25) is 0 Å². The minimum Gasteiger partial charge on any atom is -0.459 e. The summed E-state index contributed by atoms with van der Waals surface area (Å²) in [6.07, 6.45) is 3.01. The highest BCUT2D eigenvalue weighted by Crippen LogP contribution is 2.25. The van der Waals surface area contributed by atoms with Crippen molar-refractivity contribution in [3.8, 4) is 0 Å². The van der Waals surface area contributed by atoms with Crippen molar-refractivity contribution in [3.63, 3.8) is 0 Å². The van der Waals surface area contributed by atoms with Crippen molar-refractivity contribution in [2.24, 2.45) is 0 Å². The molecule has 2 rings (SSSR count). The van der Waals surface area contributed by atoms with Gasteiger partial charge in [-0.2, -0.15) is 8.78 Å².